The average molecular weight is 902 g/mol. The van der Waals surface area contributed by atoms with E-state index >= 15 is 0 Å². The predicted octanol–water partition coefficient (Wildman–Crippen LogP) is 3.45. The Morgan fingerprint density at radius 1 is 0.889 bits per heavy atom. The number of likely N-dealkylation sites (tertiary alicyclic amines) is 1. The van der Waals surface area contributed by atoms with Crippen molar-refractivity contribution in [1.29, 1.82) is 0 Å². The molecule has 1 saturated heterocycles. The molecule has 17 nitrogen and oxygen atoms in total. The summed E-state index contributed by atoms with van der Waals surface area (Å²) in [6.45, 7) is 7.45. The molecule has 0 radical (unpaired) electrons. The second-order valence-corrected chi connectivity index (χ2v) is 18.3. The molecule has 0 saturated carbocycles. The minimum Gasteiger partial charge on any atom is -0.599 e. The lowest BCUT2D eigenvalue weighted by molar-refractivity contribution is -0.251. The Kier molecular flexibility index (Phi) is 16.7. The number of hydrogen-bond donors (Lipinski definition) is 5. The van der Waals surface area contributed by atoms with Crippen LogP contribution in [0.4, 0.5) is 9.59 Å². The zero-order valence-corrected chi connectivity index (χ0v) is 38.2. The molecule has 336 valence electrons. The van der Waals surface area contributed by atoms with E-state index < -0.39 is 77.8 Å². The van der Waals surface area contributed by atoms with Gasteiger partial charge in [-0.3, -0.25) is 29.1 Å². The molecule has 0 spiro atoms. The molecule has 3 aromatic rings. The smallest absolute Gasteiger partial charge is 0.411 e. The number of amides is 6. The van der Waals surface area contributed by atoms with Gasteiger partial charge in [-0.05, 0) is 61.9 Å². The number of nitrogens with one attached hydrogen (secondary N) is 5. The van der Waals surface area contributed by atoms with Crippen LogP contribution in [0.25, 0.3) is 11.1 Å². The number of rotatable bonds is 16. The van der Waals surface area contributed by atoms with Gasteiger partial charge in [-0.25, -0.2) is 15.0 Å². The van der Waals surface area contributed by atoms with Crippen molar-refractivity contribution in [2.75, 3.05) is 19.7 Å². The van der Waals surface area contributed by atoms with Gasteiger partial charge in [0.1, 0.15) is 29.5 Å². The molecule has 6 atom stereocenters. The van der Waals surface area contributed by atoms with Gasteiger partial charge in [-0.1, -0.05) is 92.2 Å². The molecule has 1 fully saturated rings. The quantitative estimate of drug-likeness (QED) is 0.0613. The van der Waals surface area contributed by atoms with Crippen molar-refractivity contribution in [3.8, 4) is 11.1 Å². The molecule has 5 rings (SSSR count). The van der Waals surface area contributed by atoms with Gasteiger partial charge in [0.2, 0.25) is 11.8 Å². The van der Waals surface area contributed by atoms with Crippen LogP contribution in [0, 0.1) is 0 Å². The Hall–Kier alpha value is -5.92. The van der Waals surface area contributed by atoms with E-state index in [0.717, 1.165) is 22.3 Å². The summed E-state index contributed by atoms with van der Waals surface area (Å²) in [5.41, 5.74) is 5.27. The molecular formula is C44H55N8O9P2-. The van der Waals surface area contributed by atoms with Gasteiger partial charge in [-0.15, -0.1) is 18.5 Å². The van der Waals surface area contributed by atoms with E-state index in [9.17, 15) is 33.9 Å². The molecule has 3 unspecified atom stereocenters. The van der Waals surface area contributed by atoms with Crippen molar-refractivity contribution in [2.24, 2.45) is 10.1 Å². The van der Waals surface area contributed by atoms with Crippen molar-refractivity contribution < 1.29 is 43.3 Å². The van der Waals surface area contributed by atoms with Crippen molar-refractivity contribution in [3.05, 3.63) is 95.6 Å². The summed E-state index contributed by atoms with van der Waals surface area (Å²) in [5, 5.41) is 27.8. The van der Waals surface area contributed by atoms with Crippen LogP contribution >= 0.6 is 18.5 Å². The van der Waals surface area contributed by atoms with Crippen molar-refractivity contribution in [1.82, 2.24) is 31.6 Å². The monoisotopic (exact) mass is 901 g/mol. The fourth-order valence-electron chi connectivity index (χ4n) is 7.40. The van der Waals surface area contributed by atoms with E-state index in [1.165, 1.54) is 11.8 Å². The minimum absolute atomic E-state index is 0.0263. The standard InChI is InChI=1S/C44H56N8O9P2/c1-6-14-33(37(50-51-40(57)49-42(62)63)39(56)45-22-35(54)48-36(25(2)53)26-15-8-7-9-16-26)47-38(55)34-21-27(23-52(34)43(59)61-44(3,4)5)46-41(58)60-24-32-30-19-12-10-17-28(30)29-18-11-13-20-31(29)32/h7-13,15-20,27,32-34,36,42H,6,14,21-24,62-63H2,1-5H3,(H,45,56)(H,46,58)(H,47,55)(H,48,54)(H2,49,51,57)/p-1/t27-,33+,34?,36-/m1/s1. The highest BCUT2D eigenvalue weighted by atomic mass is 31.1. The SMILES string of the molecule is CCC[C@H](NC(=O)C1C[C@@H](N=C([O-])OCC2c3ccccc3-c3ccccc32)CN1C(=O)OC(C)(C)C)C(=NNC(=O)NC(P)P)C(=O)NCC(=O)N[C@H](C(C)=O)c1ccccc1. The van der Waals surface area contributed by atoms with Gasteiger partial charge in [0.25, 0.3) is 5.91 Å². The van der Waals surface area contributed by atoms with Crippen LogP contribution in [0.2, 0.25) is 0 Å². The summed E-state index contributed by atoms with van der Waals surface area (Å²) in [7, 11) is 4.70. The normalized spacial score (nSPS) is 17.2. The summed E-state index contributed by atoms with van der Waals surface area (Å²) < 4.78 is 11.3. The molecule has 63 heavy (non-hydrogen) atoms. The lowest BCUT2D eigenvalue weighted by Crippen LogP contribution is -2.55. The molecule has 1 aliphatic carbocycles. The average Bonchev–Trinajstić information content (AvgIpc) is 3.80. The van der Waals surface area contributed by atoms with Gasteiger partial charge in [-0.2, -0.15) is 5.10 Å². The first kappa shape index (κ1) is 48.1. The summed E-state index contributed by atoms with van der Waals surface area (Å²) in [5.74, 6) is -2.84. The van der Waals surface area contributed by atoms with Crippen LogP contribution in [0.1, 0.15) is 82.5 Å². The van der Waals surface area contributed by atoms with Crippen LogP contribution in [-0.2, 0) is 28.7 Å². The molecule has 3 aromatic carbocycles. The van der Waals surface area contributed by atoms with Crippen LogP contribution in [0.3, 0.4) is 0 Å². The molecule has 2 aliphatic rings. The number of aliphatic imine (C=N–C) groups is 1. The number of ketones is 1. The number of fused-ring (bicyclic) bond motifs is 3. The zero-order valence-electron chi connectivity index (χ0n) is 35.9. The number of nitrogens with zero attached hydrogens (tertiary/aromatic N) is 3. The van der Waals surface area contributed by atoms with Crippen LogP contribution in [0.5, 0.6) is 0 Å². The van der Waals surface area contributed by atoms with E-state index in [0.29, 0.717) is 12.0 Å². The van der Waals surface area contributed by atoms with Crippen molar-refractivity contribution in [2.45, 2.75) is 95.1 Å². The van der Waals surface area contributed by atoms with Gasteiger partial charge < -0.3 is 35.8 Å². The predicted molar refractivity (Wildman–Crippen MR) is 242 cm³/mol. The van der Waals surface area contributed by atoms with E-state index in [1.54, 1.807) is 58.0 Å². The molecule has 0 bridgehead atoms. The maximum Gasteiger partial charge on any atom is 0.411 e. The molecular weight excluding hydrogens is 846 g/mol. The molecule has 19 heteroatoms. The highest BCUT2D eigenvalue weighted by molar-refractivity contribution is 7.37. The Labute approximate surface area is 371 Å². The highest BCUT2D eigenvalue weighted by Gasteiger charge is 2.43. The van der Waals surface area contributed by atoms with E-state index in [4.69, 9.17) is 9.47 Å². The van der Waals surface area contributed by atoms with Crippen LogP contribution in [-0.4, -0.2) is 101 Å². The minimum atomic E-state index is -1.21. The van der Waals surface area contributed by atoms with E-state index in [2.05, 4.69) is 55.3 Å². The number of ether oxygens (including phenoxy) is 2. The fourth-order valence-corrected chi connectivity index (χ4v) is 7.71. The van der Waals surface area contributed by atoms with Crippen molar-refractivity contribution >= 4 is 65.9 Å². The maximum atomic E-state index is 14.3. The number of Topliss-reactive ketones (excluding diaryl/α,β-unsaturated/α-hetero) is 1. The largest absolute Gasteiger partial charge is 0.599 e. The molecule has 1 heterocycles. The second kappa shape index (κ2) is 21.9. The highest BCUT2D eigenvalue weighted by Crippen LogP contribution is 2.44. The van der Waals surface area contributed by atoms with Gasteiger partial charge >= 0.3 is 12.1 Å². The number of carbonyl (C=O) groups is 6. The topological polar surface area (TPSA) is 232 Å². The Bertz CT molecular complexity index is 2170. The molecule has 5 N–H and O–H groups in total. The summed E-state index contributed by atoms with van der Waals surface area (Å²) in [6, 6.07) is 19.5. The third kappa shape index (κ3) is 13.3. The van der Waals surface area contributed by atoms with Crippen LogP contribution < -0.4 is 31.8 Å². The summed E-state index contributed by atoms with van der Waals surface area (Å²) in [6.07, 6.45) is -1.21. The van der Waals surface area contributed by atoms with Gasteiger partial charge in [0, 0.05) is 25.5 Å². The lowest BCUT2D eigenvalue weighted by atomic mass is 9.98. The Morgan fingerprint density at radius 3 is 2.10 bits per heavy atom. The number of urea groups is 1. The number of carbonyl (C=O) groups excluding carboxylic acids is 6. The molecule has 6 amide bonds. The number of hydrogen-bond acceptors (Lipinski definition) is 11. The first-order valence-corrected chi connectivity index (χ1v) is 21.9. The fraction of sp³-hybridized carbons (Fsp3) is 0.409. The molecule has 1 aliphatic heterocycles. The van der Waals surface area contributed by atoms with Gasteiger partial charge in [0.15, 0.2) is 5.78 Å². The zero-order chi connectivity index (χ0) is 45.8. The van der Waals surface area contributed by atoms with E-state index in [-0.39, 0.29) is 43.4 Å². The first-order valence-electron chi connectivity index (χ1n) is 20.6. The summed E-state index contributed by atoms with van der Waals surface area (Å²) >= 11 is 0. The third-order valence-corrected chi connectivity index (χ3v) is 10.5. The Morgan fingerprint density at radius 2 is 1.51 bits per heavy atom. The second-order valence-electron chi connectivity index (χ2n) is 16.1. The number of benzene rings is 3. The summed E-state index contributed by atoms with van der Waals surface area (Å²) in [4.78, 5) is 85.1. The number of hydrazone groups is 1. The lowest BCUT2D eigenvalue weighted by Gasteiger charge is -2.29. The van der Waals surface area contributed by atoms with E-state index in [1.807, 2.05) is 48.5 Å². The van der Waals surface area contributed by atoms with Crippen molar-refractivity contribution in [3.63, 3.8) is 0 Å². The first-order chi connectivity index (χ1) is 29.9. The Balaban J connectivity index is 1.33. The maximum absolute atomic E-state index is 14.3. The third-order valence-electron chi connectivity index (χ3n) is 10.1. The van der Waals surface area contributed by atoms with Gasteiger partial charge in [0.05, 0.1) is 24.2 Å². The molecule has 0 aromatic heterocycles. The van der Waals surface area contributed by atoms with Crippen LogP contribution in [0.15, 0.2) is 89.0 Å².